The Morgan fingerprint density at radius 1 is 1.47 bits per heavy atom. The SMILES string of the molecule is O=C(O)c1ccc(NCc2ccno2)o1. The number of nitrogens with zero attached hydrogens (tertiary/aromatic N) is 1. The van der Waals surface area contributed by atoms with Crippen molar-refractivity contribution in [2.45, 2.75) is 6.54 Å². The number of hydrogen-bond donors (Lipinski definition) is 2. The van der Waals surface area contributed by atoms with Crippen LogP contribution in [0.4, 0.5) is 5.88 Å². The standard InChI is InChI=1S/C9H8N2O4/c12-9(13)7-1-2-8(14-7)10-5-6-3-4-11-15-6/h1-4,10H,5H2,(H,12,13). The maximum atomic E-state index is 10.5. The molecule has 78 valence electrons. The molecule has 0 radical (unpaired) electrons. The molecule has 0 aliphatic carbocycles. The molecule has 0 amide bonds. The van der Waals surface area contributed by atoms with E-state index in [4.69, 9.17) is 14.0 Å². The Morgan fingerprint density at radius 3 is 2.93 bits per heavy atom. The molecule has 0 aliphatic heterocycles. The van der Waals surface area contributed by atoms with Gasteiger partial charge < -0.3 is 19.4 Å². The lowest BCUT2D eigenvalue weighted by Gasteiger charge is -1.97. The molecule has 2 heterocycles. The lowest BCUT2D eigenvalue weighted by atomic mass is 10.4. The number of carboxylic acids is 1. The van der Waals surface area contributed by atoms with Crippen LogP contribution in [0.3, 0.4) is 0 Å². The molecule has 2 aromatic rings. The minimum Gasteiger partial charge on any atom is -0.475 e. The molecule has 6 nitrogen and oxygen atoms in total. The normalized spacial score (nSPS) is 10.1. The van der Waals surface area contributed by atoms with Gasteiger partial charge in [0.2, 0.25) is 5.76 Å². The van der Waals surface area contributed by atoms with E-state index < -0.39 is 5.97 Å². The second-order valence-electron chi connectivity index (χ2n) is 2.80. The van der Waals surface area contributed by atoms with E-state index in [2.05, 4.69) is 10.5 Å². The third-order valence-corrected chi connectivity index (χ3v) is 1.74. The second kappa shape index (κ2) is 3.87. The summed E-state index contributed by atoms with van der Waals surface area (Å²) in [5, 5.41) is 15.0. The highest BCUT2D eigenvalue weighted by Gasteiger charge is 2.08. The highest BCUT2D eigenvalue weighted by atomic mass is 16.5. The number of aromatic carboxylic acids is 1. The maximum absolute atomic E-state index is 10.5. The van der Waals surface area contributed by atoms with Crippen LogP contribution >= 0.6 is 0 Å². The van der Waals surface area contributed by atoms with Gasteiger partial charge in [0.25, 0.3) is 0 Å². The lowest BCUT2D eigenvalue weighted by Crippen LogP contribution is -1.97. The molecule has 2 aromatic heterocycles. The Hall–Kier alpha value is -2.24. The molecule has 6 heteroatoms. The van der Waals surface area contributed by atoms with Crippen molar-refractivity contribution in [1.82, 2.24) is 5.16 Å². The molecule has 0 bridgehead atoms. The monoisotopic (exact) mass is 208 g/mol. The van der Waals surface area contributed by atoms with E-state index in [-0.39, 0.29) is 5.76 Å². The van der Waals surface area contributed by atoms with E-state index >= 15 is 0 Å². The average molecular weight is 208 g/mol. The Morgan fingerprint density at radius 2 is 2.33 bits per heavy atom. The molecule has 0 atom stereocenters. The smallest absolute Gasteiger partial charge is 0.371 e. The zero-order valence-corrected chi connectivity index (χ0v) is 7.64. The second-order valence-corrected chi connectivity index (χ2v) is 2.80. The number of rotatable bonds is 4. The van der Waals surface area contributed by atoms with Gasteiger partial charge in [0, 0.05) is 12.1 Å². The molecule has 0 aliphatic rings. The van der Waals surface area contributed by atoms with Gasteiger partial charge in [-0.1, -0.05) is 5.16 Å². The van der Waals surface area contributed by atoms with Gasteiger partial charge in [-0.25, -0.2) is 4.79 Å². The van der Waals surface area contributed by atoms with Crippen molar-refractivity contribution in [3.8, 4) is 0 Å². The molecular formula is C9H8N2O4. The fraction of sp³-hybridized carbons (Fsp3) is 0.111. The van der Waals surface area contributed by atoms with Crippen LogP contribution in [-0.2, 0) is 6.54 Å². The fourth-order valence-electron chi connectivity index (χ4n) is 1.06. The summed E-state index contributed by atoms with van der Waals surface area (Å²) in [6.07, 6.45) is 1.53. The molecule has 0 aromatic carbocycles. The van der Waals surface area contributed by atoms with E-state index in [0.29, 0.717) is 18.2 Å². The Labute approximate surface area is 84.5 Å². The van der Waals surface area contributed by atoms with Gasteiger partial charge >= 0.3 is 5.97 Å². The van der Waals surface area contributed by atoms with Crippen molar-refractivity contribution >= 4 is 11.9 Å². The third-order valence-electron chi connectivity index (χ3n) is 1.74. The number of hydrogen-bond acceptors (Lipinski definition) is 5. The van der Waals surface area contributed by atoms with Crippen LogP contribution in [0.5, 0.6) is 0 Å². The summed E-state index contributed by atoms with van der Waals surface area (Å²) in [6.45, 7) is 0.395. The summed E-state index contributed by atoms with van der Waals surface area (Å²) in [4.78, 5) is 10.5. The highest BCUT2D eigenvalue weighted by molar-refractivity contribution is 5.84. The largest absolute Gasteiger partial charge is 0.475 e. The summed E-state index contributed by atoms with van der Waals surface area (Å²) >= 11 is 0. The quantitative estimate of drug-likeness (QED) is 0.792. The van der Waals surface area contributed by atoms with Crippen molar-refractivity contribution in [3.63, 3.8) is 0 Å². The zero-order valence-electron chi connectivity index (χ0n) is 7.64. The van der Waals surface area contributed by atoms with E-state index in [9.17, 15) is 4.79 Å². The van der Waals surface area contributed by atoms with Gasteiger partial charge in [0.1, 0.15) is 0 Å². The molecule has 0 saturated carbocycles. The predicted molar refractivity (Wildman–Crippen MR) is 49.5 cm³/mol. The first kappa shape index (κ1) is 9.32. The topological polar surface area (TPSA) is 88.5 Å². The molecule has 2 rings (SSSR count). The summed E-state index contributed by atoms with van der Waals surface area (Å²) in [6, 6.07) is 4.62. The van der Waals surface area contributed by atoms with Crippen LogP contribution in [0, 0.1) is 0 Å². The van der Waals surface area contributed by atoms with Crippen LogP contribution in [0.25, 0.3) is 0 Å². The van der Waals surface area contributed by atoms with Crippen LogP contribution in [-0.4, -0.2) is 16.2 Å². The van der Waals surface area contributed by atoms with Crippen LogP contribution in [0.2, 0.25) is 0 Å². The van der Waals surface area contributed by atoms with E-state index in [1.54, 1.807) is 12.1 Å². The summed E-state index contributed by atoms with van der Waals surface area (Å²) in [5.41, 5.74) is 0. The number of aromatic nitrogens is 1. The van der Waals surface area contributed by atoms with Crippen LogP contribution < -0.4 is 5.32 Å². The number of carbonyl (C=O) groups is 1. The van der Waals surface area contributed by atoms with Gasteiger partial charge in [-0.3, -0.25) is 0 Å². The molecule has 15 heavy (non-hydrogen) atoms. The molecule has 0 spiro atoms. The molecule has 0 fully saturated rings. The van der Waals surface area contributed by atoms with Crippen LogP contribution in [0.15, 0.2) is 33.3 Å². The first-order valence-electron chi connectivity index (χ1n) is 4.22. The fourth-order valence-corrected chi connectivity index (χ4v) is 1.06. The summed E-state index contributed by atoms with van der Waals surface area (Å²) in [5.74, 6) is -0.176. The van der Waals surface area contributed by atoms with Gasteiger partial charge in [-0.2, -0.15) is 0 Å². The third kappa shape index (κ3) is 2.16. The number of furan rings is 1. The van der Waals surface area contributed by atoms with E-state index in [1.807, 2.05) is 0 Å². The first-order valence-corrected chi connectivity index (χ1v) is 4.22. The number of anilines is 1. The van der Waals surface area contributed by atoms with Crippen molar-refractivity contribution in [1.29, 1.82) is 0 Å². The highest BCUT2D eigenvalue weighted by Crippen LogP contribution is 2.14. The summed E-state index contributed by atoms with van der Waals surface area (Å²) < 4.78 is 9.81. The lowest BCUT2D eigenvalue weighted by molar-refractivity contribution is 0.0663. The minimum absolute atomic E-state index is 0.102. The Kier molecular flexibility index (Phi) is 2.40. The van der Waals surface area contributed by atoms with Crippen molar-refractivity contribution in [2.24, 2.45) is 0 Å². The van der Waals surface area contributed by atoms with Gasteiger partial charge in [-0.05, 0) is 6.07 Å². The molecule has 0 saturated heterocycles. The zero-order chi connectivity index (χ0) is 10.7. The maximum Gasteiger partial charge on any atom is 0.371 e. The molecular weight excluding hydrogens is 200 g/mol. The van der Waals surface area contributed by atoms with Crippen molar-refractivity contribution < 1.29 is 18.8 Å². The first-order chi connectivity index (χ1) is 7.25. The number of nitrogens with one attached hydrogen (secondary N) is 1. The predicted octanol–water partition coefficient (Wildman–Crippen LogP) is 1.58. The molecule has 0 unspecified atom stereocenters. The number of carboxylic acid groups (broad SMARTS) is 1. The van der Waals surface area contributed by atoms with E-state index in [0.717, 1.165) is 0 Å². The molecule has 2 N–H and O–H groups in total. The van der Waals surface area contributed by atoms with E-state index in [1.165, 1.54) is 12.3 Å². The Balaban J connectivity index is 1.96. The van der Waals surface area contributed by atoms with Gasteiger partial charge in [-0.15, -0.1) is 0 Å². The van der Waals surface area contributed by atoms with Gasteiger partial charge in [0.15, 0.2) is 11.6 Å². The van der Waals surface area contributed by atoms with Crippen molar-refractivity contribution in [2.75, 3.05) is 5.32 Å². The van der Waals surface area contributed by atoms with Crippen molar-refractivity contribution in [3.05, 3.63) is 35.9 Å². The minimum atomic E-state index is -1.09. The average Bonchev–Trinajstić information content (AvgIpc) is 2.86. The summed E-state index contributed by atoms with van der Waals surface area (Å²) in [7, 11) is 0. The van der Waals surface area contributed by atoms with Gasteiger partial charge in [0.05, 0.1) is 12.7 Å². The van der Waals surface area contributed by atoms with Crippen LogP contribution in [0.1, 0.15) is 16.3 Å². The Bertz CT molecular complexity index is 446.